The molecule has 0 aliphatic carbocycles. The Kier molecular flexibility index (Phi) is 7.59. The van der Waals surface area contributed by atoms with E-state index in [1.807, 2.05) is 12.1 Å². The Morgan fingerprint density at radius 1 is 0.897 bits per heavy atom. The molecule has 2 N–H and O–H groups in total. The fourth-order valence-electron chi connectivity index (χ4n) is 2.41. The van der Waals surface area contributed by atoms with E-state index in [1.165, 1.54) is 14.0 Å². The van der Waals surface area contributed by atoms with Crippen molar-refractivity contribution in [3.63, 3.8) is 0 Å². The number of nitrogens with zero attached hydrogens (tertiary/aromatic N) is 1. The fraction of sp³-hybridized carbons (Fsp3) is 0.286. The van der Waals surface area contributed by atoms with Gasteiger partial charge in [-0.2, -0.15) is 0 Å². The van der Waals surface area contributed by atoms with Gasteiger partial charge in [-0.05, 0) is 43.7 Å². The highest BCUT2D eigenvalue weighted by molar-refractivity contribution is 5.99. The summed E-state index contributed by atoms with van der Waals surface area (Å²) < 4.78 is 10.4. The van der Waals surface area contributed by atoms with Crippen LogP contribution in [0, 0.1) is 0 Å². The molecule has 0 radical (unpaired) electrons. The van der Waals surface area contributed by atoms with E-state index in [0.717, 1.165) is 5.56 Å². The lowest BCUT2D eigenvalue weighted by Crippen LogP contribution is -2.26. The first kappa shape index (κ1) is 21.7. The van der Waals surface area contributed by atoms with Crippen molar-refractivity contribution in [2.24, 2.45) is 5.16 Å². The molecular formula is C21H25N3O5. The summed E-state index contributed by atoms with van der Waals surface area (Å²) in [7, 11) is 3.06. The Labute approximate surface area is 169 Å². The molecule has 2 rings (SSSR count). The third-order valence-corrected chi connectivity index (χ3v) is 3.99. The summed E-state index contributed by atoms with van der Waals surface area (Å²) in [6.07, 6.45) is -0.809. The Morgan fingerprint density at radius 3 is 2.10 bits per heavy atom. The number of carbonyl (C=O) groups excluding carboxylic acids is 2. The molecule has 2 aromatic carbocycles. The van der Waals surface area contributed by atoms with E-state index in [-0.39, 0.29) is 11.8 Å². The molecule has 0 fully saturated rings. The van der Waals surface area contributed by atoms with Crippen molar-refractivity contribution in [1.29, 1.82) is 0 Å². The number of methoxy groups -OCH3 is 2. The van der Waals surface area contributed by atoms with Gasteiger partial charge in [-0.25, -0.2) is 0 Å². The van der Waals surface area contributed by atoms with Crippen LogP contribution in [0.15, 0.2) is 47.6 Å². The summed E-state index contributed by atoms with van der Waals surface area (Å²) in [5, 5.41) is 9.48. The molecule has 1 unspecified atom stereocenters. The molecular weight excluding hydrogens is 374 g/mol. The van der Waals surface area contributed by atoms with Gasteiger partial charge in [0.25, 0.3) is 5.91 Å². The molecule has 0 saturated carbocycles. The lowest BCUT2D eigenvalue weighted by atomic mass is 10.1. The summed E-state index contributed by atoms with van der Waals surface area (Å²) in [6, 6.07) is 12.2. The van der Waals surface area contributed by atoms with E-state index in [2.05, 4.69) is 15.8 Å². The Hall–Kier alpha value is -3.55. The Morgan fingerprint density at radius 2 is 1.52 bits per heavy atom. The zero-order chi connectivity index (χ0) is 21.4. The molecule has 0 spiro atoms. The van der Waals surface area contributed by atoms with Crippen LogP contribution in [0.3, 0.4) is 0 Å². The van der Waals surface area contributed by atoms with Crippen LogP contribution in [0.5, 0.6) is 11.5 Å². The highest BCUT2D eigenvalue weighted by atomic mass is 16.6. The topological polar surface area (TPSA) is 98.3 Å². The Bertz CT molecular complexity index is 894. The minimum atomic E-state index is -0.809. The highest BCUT2D eigenvalue weighted by Gasteiger charge is 2.16. The number of anilines is 2. The van der Waals surface area contributed by atoms with Crippen LogP contribution in [0.1, 0.15) is 26.3 Å². The number of ether oxygens (including phenoxy) is 2. The molecule has 154 valence electrons. The number of hydrogen-bond donors (Lipinski definition) is 2. The van der Waals surface area contributed by atoms with Gasteiger partial charge in [0.2, 0.25) is 12.0 Å². The molecule has 0 saturated heterocycles. The number of benzene rings is 2. The van der Waals surface area contributed by atoms with Crippen LogP contribution in [0.25, 0.3) is 0 Å². The number of amides is 2. The van der Waals surface area contributed by atoms with Gasteiger partial charge in [0, 0.05) is 24.4 Å². The molecule has 0 aliphatic rings. The predicted octanol–water partition coefficient (Wildman–Crippen LogP) is 3.43. The van der Waals surface area contributed by atoms with E-state index in [0.29, 0.717) is 28.6 Å². The van der Waals surface area contributed by atoms with Crippen molar-refractivity contribution < 1.29 is 23.9 Å². The van der Waals surface area contributed by atoms with E-state index >= 15 is 0 Å². The number of hydrogen-bond acceptors (Lipinski definition) is 6. The minimum absolute atomic E-state index is 0.138. The van der Waals surface area contributed by atoms with Gasteiger partial charge in [0.05, 0.1) is 19.9 Å². The van der Waals surface area contributed by atoms with Crippen molar-refractivity contribution in [3.05, 3.63) is 48.0 Å². The van der Waals surface area contributed by atoms with Crippen LogP contribution < -0.4 is 20.1 Å². The molecule has 0 aromatic heterocycles. The second kappa shape index (κ2) is 10.1. The molecule has 0 bridgehead atoms. The Balaban J connectivity index is 1.97. The third-order valence-electron chi connectivity index (χ3n) is 3.99. The smallest absolute Gasteiger partial charge is 0.267 e. The maximum Gasteiger partial charge on any atom is 0.267 e. The average Bonchev–Trinajstić information content (AvgIpc) is 2.71. The average molecular weight is 399 g/mol. The second-order valence-corrected chi connectivity index (χ2v) is 6.24. The highest BCUT2D eigenvalue weighted by Crippen LogP contribution is 2.29. The lowest BCUT2D eigenvalue weighted by molar-refractivity contribution is -0.126. The van der Waals surface area contributed by atoms with Gasteiger partial charge in [-0.15, -0.1) is 0 Å². The summed E-state index contributed by atoms with van der Waals surface area (Å²) in [6.45, 7) is 4.82. The maximum absolute atomic E-state index is 12.3. The normalized spacial score (nSPS) is 12.0. The van der Waals surface area contributed by atoms with Crippen LogP contribution in [0.2, 0.25) is 0 Å². The fourth-order valence-corrected chi connectivity index (χ4v) is 2.41. The van der Waals surface area contributed by atoms with E-state index in [9.17, 15) is 9.59 Å². The predicted molar refractivity (Wildman–Crippen MR) is 112 cm³/mol. The largest absolute Gasteiger partial charge is 0.493 e. The van der Waals surface area contributed by atoms with Crippen molar-refractivity contribution in [2.75, 3.05) is 24.9 Å². The van der Waals surface area contributed by atoms with Crippen molar-refractivity contribution in [1.82, 2.24) is 0 Å². The molecule has 2 aromatic rings. The summed E-state index contributed by atoms with van der Waals surface area (Å²) in [5.74, 6) is 0.588. The number of carbonyl (C=O) groups is 2. The first-order valence-corrected chi connectivity index (χ1v) is 8.95. The number of oxime groups is 1. The van der Waals surface area contributed by atoms with Crippen LogP contribution in [0.4, 0.5) is 11.4 Å². The summed E-state index contributed by atoms with van der Waals surface area (Å²) in [4.78, 5) is 28.8. The van der Waals surface area contributed by atoms with Gasteiger partial charge in [0.15, 0.2) is 11.5 Å². The van der Waals surface area contributed by atoms with Crippen LogP contribution in [-0.2, 0) is 14.4 Å². The molecule has 29 heavy (non-hydrogen) atoms. The third kappa shape index (κ3) is 6.24. The monoisotopic (exact) mass is 399 g/mol. The molecule has 1 atom stereocenters. The molecule has 8 nitrogen and oxygen atoms in total. The number of nitrogens with one attached hydrogen (secondary N) is 2. The zero-order valence-corrected chi connectivity index (χ0v) is 17.1. The quantitative estimate of drug-likeness (QED) is 0.523. The van der Waals surface area contributed by atoms with Gasteiger partial charge in [-0.3, -0.25) is 9.59 Å². The lowest BCUT2D eigenvalue weighted by Gasteiger charge is -2.13. The van der Waals surface area contributed by atoms with Gasteiger partial charge < -0.3 is 24.9 Å². The second-order valence-electron chi connectivity index (χ2n) is 6.24. The SMILES string of the molecule is COc1ccc(NC(=O)C(C)ON=C(C)c2ccc(NC(C)=O)cc2)cc1OC. The zero-order valence-electron chi connectivity index (χ0n) is 17.1. The standard InChI is InChI=1S/C21H25N3O5/c1-13(16-6-8-17(9-7-16)22-15(3)25)24-29-14(2)21(26)23-18-10-11-19(27-4)20(12-18)28-5/h6-12,14H,1-5H3,(H,22,25)(H,23,26). The maximum atomic E-state index is 12.3. The molecule has 8 heteroatoms. The first-order chi connectivity index (χ1) is 13.8. The van der Waals surface area contributed by atoms with E-state index in [4.69, 9.17) is 14.3 Å². The van der Waals surface area contributed by atoms with Crippen molar-refractivity contribution >= 4 is 28.9 Å². The summed E-state index contributed by atoms with van der Waals surface area (Å²) in [5.41, 5.74) is 2.66. The van der Waals surface area contributed by atoms with Crippen molar-refractivity contribution in [2.45, 2.75) is 26.9 Å². The van der Waals surface area contributed by atoms with Gasteiger partial charge in [0.1, 0.15) is 0 Å². The van der Waals surface area contributed by atoms with Gasteiger partial charge in [-0.1, -0.05) is 17.3 Å². The van der Waals surface area contributed by atoms with Crippen LogP contribution in [-0.4, -0.2) is 37.8 Å². The molecule has 0 heterocycles. The summed E-state index contributed by atoms with van der Waals surface area (Å²) >= 11 is 0. The molecule has 2 amide bonds. The van der Waals surface area contributed by atoms with E-state index in [1.54, 1.807) is 51.3 Å². The number of rotatable bonds is 8. The van der Waals surface area contributed by atoms with Gasteiger partial charge >= 0.3 is 0 Å². The first-order valence-electron chi connectivity index (χ1n) is 8.95. The van der Waals surface area contributed by atoms with Crippen LogP contribution >= 0.6 is 0 Å². The molecule has 0 aliphatic heterocycles. The van der Waals surface area contributed by atoms with E-state index < -0.39 is 6.10 Å². The van der Waals surface area contributed by atoms with Crippen molar-refractivity contribution in [3.8, 4) is 11.5 Å². The minimum Gasteiger partial charge on any atom is -0.493 e.